The minimum Gasteiger partial charge on any atom is -0.341 e. The number of likely N-dealkylation sites (tertiary alicyclic amines) is 1. The van der Waals surface area contributed by atoms with Gasteiger partial charge < -0.3 is 10.6 Å². The van der Waals surface area contributed by atoms with Gasteiger partial charge >= 0.3 is 6.18 Å². The van der Waals surface area contributed by atoms with Gasteiger partial charge in [-0.1, -0.05) is 11.6 Å². The van der Waals surface area contributed by atoms with Gasteiger partial charge in [-0.15, -0.1) is 0 Å². The molecule has 2 aliphatic heterocycles. The van der Waals surface area contributed by atoms with E-state index >= 15 is 0 Å². The van der Waals surface area contributed by atoms with Crippen LogP contribution >= 0.6 is 11.6 Å². The quantitative estimate of drug-likeness (QED) is 0.333. The summed E-state index contributed by atoms with van der Waals surface area (Å²) in [5.74, 6) is -6.61. The van der Waals surface area contributed by atoms with Crippen LogP contribution in [0.4, 0.5) is 36.4 Å². The van der Waals surface area contributed by atoms with E-state index in [1.807, 2.05) is 0 Å². The van der Waals surface area contributed by atoms with Gasteiger partial charge in [-0.2, -0.15) is 13.2 Å². The third-order valence-corrected chi connectivity index (χ3v) is 7.05. The normalized spacial score (nSPS) is 18.5. The van der Waals surface area contributed by atoms with E-state index in [0.717, 1.165) is 12.1 Å². The molecule has 13 heteroatoms. The van der Waals surface area contributed by atoms with Gasteiger partial charge in [-0.3, -0.25) is 14.5 Å². The number of rotatable bonds is 5. The number of carbonyl (C=O) groups is 2. The summed E-state index contributed by atoms with van der Waals surface area (Å²) >= 11 is 6.26. The second kappa shape index (κ2) is 10.1. The third-order valence-electron chi connectivity index (χ3n) is 6.71. The first kappa shape index (κ1) is 27.9. The molecule has 5 nitrogen and oxygen atoms in total. The fourth-order valence-electron chi connectivity index (χ4n) is 4.94. The first-order valence-corrected chi connectivity index (χ1v) is 12.3. The summed E-state index contributed by atoms with van der Waals surface area (Å²) in [7, 11) is 0. The number of benzene rings is 3. The first-order chi connectivity index (χ1) is 18.7. The molecule has 5 rings (SSSR count). The summed E-state index contributed by atoms with van der Waals surface area (Å²) in [6.45, 7) is -0.478. The number of carbonyl (C=O) groups excluding carboxylic acids is 2. The van der Waals surface area contributed by atoms with Crippen molar-refractivity contribution in [3.8, 4) is 0 Å². The smallest absolute Gasteiger partial charge is 0.341 e. The van der Waals surface area contributed by atoms with Crippen LogP contribution in [-0.4, -0.2) is 35.7 Å². The molecule has 1 unspecified atom stereocenters. The van der Waals surface area contributed by atoms with Crippen LogP contribution < -0.4 is 10.6 Å². The fraction of sp³-hybridized carbons (Fsp3) is 0.259. The number of hydrogen-bond acceptors (Lipinski definition) is 3. The molecule has 3 aromatic rings. The molecule has 2 N–H and O–H groups in total. The summed E-state index contributed by atoms with van der Waals surface area (Å²) in [6, 6.07) is 6.53. The SMILES string of the molecule is O=C(Nc1cc(CN2CCC(F)(F)C2)cc2c1C(c1cc(F)ccc1Cl)NC2=O)c1cc(F)cc(C(F)(F)F)c1. The summed E-state index contributed by atoms with van der Waals surface area (Å²) in [5, 5.41) is 5.16. The van der Waals surface area contributed by atoms with E-state index in [4.69, 9.17) is 11.6 Å². The molecule has 2 heterocycles. The zero-order chi connectivity index (χ0) is 29.0. The Labute approximate surface area is 227 Å². The van der Waals surface area contributed by atoms with Crippen LogP contribution in [0.15, 0.2) is 48.5 Å². The summed E-state index contributed by atoms with van der Waals surface area (Å²) in [5.41, 5.74) is -1.45. The van der Waals surface area contributed by atoms with E-state index in [1.165, 1.54) is 23.1 Å². The molecular formula is C27H19ClF7N3O2. The lowest BCUT2D eigenvalue weighted by Crippen LogP contribution is -2.25. The highest BCUT2D eigenvalue weighted by Gasteiger charge is 2.39. The molecule has 2 aliphatic rings. The van der Waals surface area contributed by atoms with Gasteiger partial charge in [0, 0.05) is 52.5 Å². The molecular weight excluding hydrogens is 567 g/mol. The van der Waals surface area contributed by atoms with Gasteiger partial charge in [0.15, 0.2) is 0 Å². The summed E-state index contributed by atoms with van der Waals surface area (Å²) in [6.07, 6.45) is -5.28. The lowest BCUT2D eigenvalue weighted by Gasteiger charge is -2.21. The molecule has 1 atom stereocenters. The van der Waals surface area contributed by atoms with E-state index in [9.17, 15) is 40.3 Å². The lowest BCUT2D eigenvalue weighted by molar-refractivity contribution is -0.137. The molecule has 1 fully saturated rings. The number of alkyl halides is 5. The van der Waals surface area contributed by atoms with Gasteiger partial charge in [-0.05, 0) is 54.1 Å². The third kappa shape index (κ3) is 5.64. The van der Waals surface area contributed by atoms with Crippen LogP contribution in [-0.2, 0) is 12.7 Å². The molecule has 0 aliphatic carbocycles. The second-order valence-corrected chi connectivity index (χ2v) is 10.1. The number of nitrogens with one attached hydrogen (secondary N) is 2. The predicted molar refractivity (Wildman–Crippen MR) is 131 cm³/mol. The van der Waals surface area contributed by atoms with Crippen molar-refractivity contribution in [2.45, 2.75) is 31.1 Å². The van der Waals surface area contributed by atoms with Crippen LogP contribution in [0.5, 0.6) is 0 Å². The Kier molecular flexibility index (Phi) is 7.03. The highest BCUT2D eigenvalue weighted by Crippen LogP contribution is 2.41. The molecule has 0 aromatic heterocycles. The van der Waals surface area contributed by atoms with Crippen LogP contribution in [0.3, 0.4) is 0 Å². The lowest BCUT2D eigenvalue weighted by atomic mass is 9.94. The van der Waals surface area contributed by atoms with Crippen LogP contribution in [0.1, 0.15) is 55.4 Å². The van der Waals surface area contributed by atoms with Crippen molar-refractivity contribution in [3.05, 3.63) is 98.6 Å². The Bertz CT molecular complexity index is 1530. The molecule has 0 saturated carbocycles. The highest BCUT2D eigenvalue weighted by molar-refractivity contribution is 6.31. The first-order valence-electron chi connectivity index (χ1n) is 11.9. The van der Waals surface area contributed by atoms with Crippen LogP contribution in [0.25, 0.3) is 0 Å². The average Bonchev–Trinajstić information content (AvgIpc) is 3.37. The van der Waals surface area contributed by atoms with Gasteiger partial charge in [0.1, 0.15) is 11.6 Å². The zero-order valence-electron chi connectivity index (χ0n) is 20.3. The van der Waals surface area contributed by atoms with Crippen molar-refractivity contribution in [1.82, 2.24) is 10.2 Å². The Morgan fingerprint density at radius 1 is 1.07 bits per heavy atom. The van der Waals surface area contributed by atoms with Gasteiger partial charge in [0.2, 0.25) is 0 Å². The van der Waals surface area contributed by atoms with E-state index in [2.05, 4.69) is 10.6 Å². The molecule has 3 aromatic carbocycles. The van der Waals surface area contributed by atoms with Crippen molar-refractivity contribution < 1.29 is 40.3 Å². The maximum Gasteiger partial charge on any atom is 0.416 e. The molecule has 0 radical (unpaired) electrons. The Morgan fingerprint density at radius 2 is 1.82 bits per heavy atom. The average molecular weight is 586 g/mol. The van der Waals surface area contributed by atoms with Crippen LogP contribution in [0, 0.1) is 11.6 Å². The van der Waals surface area contributed by atoms with Crippen LogP contribution in [0.2, 0.25) is 5.02 Å². The number of halogens is 8. The number of nitrogens with zero attached hydrogens (tertiary/aromatic N) is 1. The van der Waals surface area contributed by atoms with Gasteiger partial charge in [0.05, 0.1) is 18.2 Å². The number of anilines is 1. The topological polar surface area (TPSA) is 61.4 Å². The number of hydrogen-bond donors (Lipinski definition) is 2. The van der Waals surface area contributed by atoms with Gasteiger partial charge in [-0.25, -0.2) is 17.6 Å². The number of amides is 2. The maximum absolute atomic E-state index is 14.1. The Hall–Kier alpha value is -3.64. The van der Waals surface area contributed by atoms with Crippen molar-refractivity contribution in [1.29, 1.82) is 0 Å². The monoisotopic (exact) mass is 585 g/mol. The standard InChI is InChI=1S/C27H19ClF7N3O2/c28-20-2-1-16(29)10-18(20)23-22-19(25(40)37-23)5-13(11-38-4-3-26(31,32)12-38)6-21(22)36-24(39)14-7-15(27(33,34)35)9-17(30)8-14/h1-2,5-10,23H,3-4,11-12H2,(H,36,39)(H,37,40). The Morgan fingerprint density at radius 3 is 2.50 bits per heavy atom. The van der Waals surface area contributed by atoms with Crippen molar-refractivity contribution in [2.75, 3.05) is 18.4 Å². The fourth-order valence-corrected chi connectivity index (χ4v) is 5.16. The van der Waals surface area contributed by atoms with E-state index in [0.29, 0.717) is 17.7 Å². The van der Waals surface area contributed by atoms with Crippen molar-refractivity contribution in [3.63, 3.8) is 0 Å². The van der Waals surface area contributed by atoms with Crippen molar-refractivity contribution in [2.24, 2.45) is 0 Å². The molecule has 1 saturated heterocycles. The largest absolute Gasteiger partial charge is 0.416 e. The summed E-state index contributed by atoms with van der Waals surface area (Å²) in [4.78, 5) is 27.5. The minimum absolute atomic E-state index is 0.0252. The molecule has 0 spiro atoms. The molecule has 0 bridgehead atoms. The van der Waals surface area contributed by atoms with Gasteiger partial charge in [0.25, 0.3) is 17.7 Å². The van der Waals surface area contributed by atoms with E-state index in [1.54, 1.807) is 0 Å². The van der Waals surface area contributed by atoms with Crippen molar-refractivity contribution >= 4 is 29.1 Å². The number of fused-ring (bicyclic) bond motifs is 1. The van der Waals surface area contributed by atoms with E-state index < -0.39 is 59.3 Å². The maximum atomic E-state index is 14.1. The summed E-state index contributed by atoms with van der Waals surface area (Å²) < 4.78 is 95.3. The Balaban J connectivity index is 1.58. The van der Waals surface area contributed by atoms with E-state index in [-0.39, 0.29) is 53.0 Å². The molecule has 2 amide bonds. The second-order valence-electron chi connectivity index (χ2n) is 9.67. The predicted octanol–water partition coefficient (Wildman–Crippen LogP) is 6.56. The molecule has 210 valence electrons. The molecule has 40 heavy (non-hydrogen) atoms. The zero-order valence-corrected chi connectivity index (χ0v) is 21.1. The highest BCUT2D eigenvalue weighted by atomic mass is 35.5. The minimum atomic E-state index is -4.92.